The molecule has 1 fully saturated rings. The van der Waals surface area contributed by atoms with Crippen LogP contribution in [0.15, 0.2) is 18.2 Å². The van der Waals surface area contributed by atoms with Gasteiger partial charge in [0.1, 0.15) is 11.5 Å². The third kappa shape index (κ3) is 2.72. The Morgan fingerprint density at radius 1 is 1.40 bits per heavy atom. The third-order valence-electron chi connectivity index (χ3n) is 3.72. The second-order valence-corrected chi connectivity index (χ2v) is 5.09. The van der Waals surface area contributed by atoms with Gasteiger partial charge in [-0.3, -0.25) is 4.79 Å². The highest BCUT2D eigenvalue weighted by Crippen LogP contribution is 2.39. The van der Waals surface area contributed by atoms with E-state index in [1.54, 1.807) is 21.1 Å². The first-order valence-electron chi connectivity index (χ1n) is 6.86. The third-order valence-corrected chi connectivity index (χ3v) is 3.72. The highest BCUT2D eigenvalue weighted by molar-refractivity contribution is 5.82. The van der Waals surface area contributed by atoms with Crippen LogP contribution < -0.4 is 15.2 Å². The highest BCUT2D eigenvalue weighted by atomic mass is 16.5. The Kier molecular flexibility index (Phi) is 4.49. The van der Waals surface area contributed by atoms with Crippen LogP contribution in [0.25, 0.3) is 0 Å². The number of rotatable bonds is 4. The molecule has 1 aliphatic heterocycles. The number of hydrogen-bond donors (Lipinski definition) is 1. The standard InChI is InChI=1S/C15H22N2O3/c1-10(16)15(18)17-8-4-5-13(17)12-9-11(19-2)6-7-14(12)20-3/h6-7,9-10,13H,4-5,8,16H2,1-3H3/t10-,13?/m1/s1. The molecule has 2 rings (SSSR count). The van der Waals surface area contributed by atoms with Crippen LogP contribution in [0.1, 0.15) is 31.4 Å². The summed E-state index contributed by atoms with van der Waals surface area (Å²) in [5.41, 5.74) is 6.72. The molecule has 5 nitrogen and oxygen atoms in total. The quantitative estimate of drug-likeness (QED) is 0.910. The Labute approximate surface area is 119 Å². The lowest BCUT2D eigenvalue weighted by Gasteiger charge is -2.28. The van der Waals surface area contributed by atoms with Gasteiger partial charge < -0.3 is 20.1 Å². The van der Waals surface area contributed by atoms with Crippen molar-refractivity contribution in [3.63, 3.8) is 0 Å². The van der Waals surface area contributed by atoms with Crippen LogP contribution in [0.5, 0.6) is 11.5 Å². The minimum absolute atomic E-state index is 0.0125. The Morgan fingerprint density at radius 2 is 2.15 bits per heavy atom. The monoisotopic (exact) mass is 278 g/mol. The van der Waals surface area contributed by atoms with Gasteiger partial charge in [0.2, 0.25) is 5.91 Å². The molecule has 0 radical (unpaired) electrons. The van der Waals surface area contributed by atoms with E-state index < -0.39 is 6.04 Å². The molecule has 1 aromatic rings. The van der Waals surface area contributed by atoms with Gasteiger partial charge in [0.25, 0.3) is 0 Å². The molecule has 110 valence electrons. The summed E-state index contributed by atoms with van der Waals surface area (Å²) in [5, 5.41) is 0. The molecule has 2 N–H and O–H groups in total. The van der Waals surface area contributed by atoms with Crippen molar-refractivity contribution in [2.45, 2.75) is 31.8 Å². The Bertz CT molecular complexity index is 488. The van der Waals surface area contributed by atoms with Gasteiger partial charge in [-0.15, -0.1) is 0 Å². The van der Waals surface area contributed by atoms with Gasteiger partial charge in [0.15, 0.2) is 0 Å². The van der Waals surface area contributed by atoms with Crippen molar-refractivity contribution in [2.75, 3.05) is 20.8 Å². The summed E-state index contributed by atoms with van der Waals surface area (Å²) < 4.78 is 10.7. The maximum atomic E-state index is 12.2. The lowest BCUT2D eigenvalue weighted by molar-refractivity contribution is -0.133. The fraction of sp³-hybridized carbons (Fsp3) is 0.533. The maximum absolute atomic E-state index is 12.2. The molecule has 5 heteroatoms. The molecule has 1 saturated heterocycles. The van der Waals surface area contributed by atoms with E-state index in [0.29, 0.717) is 0 Å². The summed E-state index contributed by atoms with van der Waals surface area (Å²) >= 11 is 0. The van der Waals surface area contributed by atoms with Crippen LogP contribution in [0, 0.1) is 0 Å². The van der Waals surface area contributed by atoms with Crippen molar-refractivity contribution >= 4 is 5.91 Å². The highest BCUT2D eigenvalue weighted by Gasteiger charge is 2.33. The maximum Gasteiger partial charge on any atom is 0.239 e. The first-order valence-corrected chi connectivity index (χ1v) is 6.86. The second kappa shape index (κ2) is 6.13. The van der Waals surface area contributed by atoms with Gasteiger partial charge in [-0.05, 0) is 38.0 Å². The van der Waals surface area contributed by atoms with E-state index in [9.17, 15) is 4.79 Å². The zero-order valence-electron chi connectivity index (χ0n) is 12.3. The minimum atomic E-state index is -0.479. The smallest absolute Gasteiger partial charge is 0.239 e. The van der Waals surface area contributed by atoms with E-state index in [4.69, 9.17) is 15.2 Å². The fourth-order valence-corrected chi connectivity index (χ4v) is 2.72. The van der Waals surface area contributed by atoms with Crippen molar-refractivity contribution < 1.29 is 14.3 Å². The summed E-state index contributed by atoms with van der Waals surface area (Å²) in [4.78, 5) is 14.1. The topological polar surface area (TPSA) is 64.8 Å². The van der Waals surface area contributed by atoms with Crippen molar-refractivity contribution in [3.8, 4) is 11.5 Å². The Morgan fingerprint density at radius 3 is 2.75 bits per heavy atom. The average Bonchev–Trinajstić information content (AvgIpc) is 2.94. The normalized spacial score (nSPS) is 19.8. The van der Waals surface area contributed by atoms with Gasteiger partial charge in [0, 0.05) is 12.1 Å². The molecule has 1 unspecified atom stereocenters. The van der Waals surface area contributed by atoms with Crippen LogP contribution in [0.2, 0.25) is 0 Å². The van der Waals surface area contributed by atoms with Crippen molar-refractivity contribution in [3.05, 3.63) is 23.8 Å². The molecule has 0 spiro atoms. The van der Waals surface area contributed by atoms with E-state index in [2.05, 4.69) is 0 Å². The lowest BCUT2D eigenvalue weighted by atomic mass is 10.0. The van der Waals surface area contributed by atoms with Gasteiger partial charge in [-0.2, -0.15) is 0 Å². The zero-order valence-corrected chi connectivity index (χ0v) is 12.3. The molecule has 0 aromatic heterocycles. The largest absolute Gasteiger partial charge is 0.497 e. The van der Waals surface area contributed by atoms with Crippen molar-refractivity contribution in [2.24, 2.45) is 5.73 Å². The summed E-state index contributed by atoms with van der Waals surface area (Å²) in [6.07, 6.45) is 1.89. The fourth-order valence-electron chi connectivity index (χ4n) is 2.72. The van der Waals surface area contributed by atoms with E-state index in [1.807, 2.05) is 23.1 Å². The summed E-state index contributed by atoms with van der Waals surface area (Å²) in [6, 6.07) is 5.21. The molecule has 20 heavy (non-hydrogen) atoms. The van der Waals surface area contributed by atoms with E-state index >= 15 is 0 Å². The van der Waals surface area contributed by atoms with Gasteiger partial charge in [-0.1, -0.05) is 0 Å². The number of hydrogen-bond acceptors (Lipinski definition) is 4. The van der Waals surface area contributed by atoms with Crippen LogP contribution in [-0.2, 0) is 4.79 Å². The predicted molar refractivity (Wildman–Crippen MR) is 76.9 cm³/mol. The molecular formula is C15H22N2O3. The molecule has 0 saturated carbocycles. The Hall–Kier alpha value is -1.75. The number of ether oxygens (including phenoxy) is 2. The summed E-state index contributed by atoms with van der Waals surface area (Å²) in [6.45, 7) is 2.46. The number of benzene rings is 1. The van der Waals surface area contributed by atoms with E-state index in [-0.39, 0.29) is 11.9 Å². The van der Waals surface area contributed by atoms with Gasteiger partial charge >= 0.3 is 0 Å². The van der Waals surface area contributed by atoms with Crippen LogP contribution >= 0.6 is 0 Å². The Balaban J connectivity index is 2.36. The molecule has 1 heterocycles. The average molecular weight is 278 g/mol. The predicted octanol–water partition coefficient (Wildman–Crippen LogP) is 1.71. The van der Waals surface area contributed by atoms with Crippen LogP contribution in [-0.4, -0.2) is 37.6 Å². The molecule has 1 amide bonds. The molecule has 0 aliphatic carbocycles. The minimum Gasteiger partial charge on any atom is -0.497 e. The summed E-state index contributed by atoms with van der Waals surface area (Å²) in [7, 11) is 3.27. The van der Waals surface area contributed by atoms with Crippen LogP contribution in [0.3, 0.4) is 0 Å². The van der Waals surface area contributed by atoms with E-state index in [0.717, 1.165) is 36.4 Å². The molecule has 1 aliphatic rings. The van der Waals surface area contributed by atoms with Gasteiger partial charge in [0.05, 0.1) is 26.3 Å². The number of methoxy groups -OCH3 is 2. The van der Waals surface area contributed by atoms with Crippen LogP contribution in [0.4, 0.5) is 0 Å². The van der Waals surface area contributed by atoms with E-state index in [1.165, 1.54) is 0 Å². The molecular weight excluding hydrogens is 256 g/mol. The van der Waals surface area contributed by atoms with Crippen molar-refractivity contribution in [1.82, 2.24) is 4.90 Å². The lowest BCUT2D eigenvalue weighted by Crippen LogP contribution is -2.41. The number of nitrogens with zero attached hydrogens (tertiary/aromatic N) is 1. The summed E-state index contributed by atoms with van der Waals surface area (Å²) in [5.74, 6) is 1.53. The number of nitrogens with two attached hydrogens (primary N) is 1. The molecule has 1 aromatic carbocycles. The number of likely N-dealkylation sites (tertiary alicyclic amines) is 1. The number of carbonyl (C=O) groups is 1. The first kappa shape index (κ1) is 14.7. The SMILES string of the molecule is COc1ccc(OC)c(C2CCCN2C(=O)[C@@H](C)N)c1. The zero-order chi connectivity index (χ0) is 14.7. The molecule has 2 atom stereocenters. The number of amides is 1. The first-order chi connectivity index (χ1) is 9.58. The molecule has 0 bridgehead atoms. The van der Waals surface area contributed by atoms with Gasteiger partial charge in [-0.25, -0.2) is 0 Å². The van der Waals surface area contributed by atoms with Crippen molar-refractivity contribution in [1.29, 1.82) is 0 Å². The number of carbonyl (C=O) groups excluding carboxylic acids is 1. The second-order valence-electron chi connectivity index (χ2n) is 5.09.